The van der Waals surface area contributed by atoms with Crippen molar-refractivity contribution in [2.75, 3.05) is 31.1 Å². The van der Waals surface area contributed by atoms with E-state index >= 15 is 0 Å². The zero-order chi connectivity index (χ0) is 29.5. The van der Waals surface area contributed by atoms with E-state index in [2.05, 4.69) is 44.0 Å². The van der Waals surface area contributed by atoms with Gasteiger partial charge in [0.05, 0.1) is 0 Å². The van der Waals surface area contributed by atoms with E-state index in [1.165, 1.54) is 55.5 Å². The molecule has 1 amide bonds. The second-order valence-corrected chi connectivity index (χ2v) is 25.6. The van der Waals surface area contributed by atoms with Crippen molar-refractivity contribution in [1.82, 2.24) is 24.6 Å². The number of unbranched alkanes of at least 4 members (excludes halogenated alkanes) is 3. The minimum atomic E-state index is -2.69. The number of carbonyl (C=O) groups is 1. The number of carbonyl (C=O) groups excluding carboxylic acids is 1. The van der Waals surface area contributed by atoms with Crippen LogP contribution in [0, 0.1) is 0 Å². The first-order valence-corrected chi connectivity index (χ1v) is 23.2. The summed E-state index contributed by atoms with van der Waals surface area (Å²) >= 11 is -2.69. The van der Waals surface area contributed by atoms with Crippen LogP contribution in [0.2, 0.25) is 13.3 Å². The van der Waals surface area contributed by atoms with Gasteiger partial charge in [0.25, 0.3) is 0 Å². The van der Waals surface area contributed by atoms with E-state index in [0.29, 0.717) is 26.2 Å². The molecule has 0 aromatic carbocycles. The molecule has 0 bridgehead atoms. The van der Waals surface area contributed by atoms with Gasteiger partial charge in [-0.25, -0.2) is 4.79 Å². The maximum atomic E-state index is 12.5. The third kappa shape index (κ3) is 7.93. The Bertz CT molecular complexity index is 1260. The van der Waals surface area contributed by atoms with E-state index in [4.69, 9.17) is 19.8 Å². The Morgan fingerprint density at radius 3 is 2.10 bits per heavy atom. The van der Waals surface area contributed by atoms with Crippen LogP contribution in [0.4, 0.5) is 10.6 Å². The van der Waals surface area contributed by atoms with Gasteiger partial charge in [-0.2, -0.15) is 0 Å². The maximum absolute atomic E-state index is 12.5. The number of pyridine rings is 2. The summed E-state index contributed by atoms with van der Waals surface area (Å²) < 4.78 is 13.1. The van der Waals surface area contributed by atoms with Crippen molar-refractivity contribution in [2.24, 2.45) is 0 Å². The summed E-state index contributed by atoms with van der Waals surface area (Å²) in [6.45, 7) is 15.3. The van der Waals surface area contributed by atoms with E-state index in [-0.39, 0.29) is 6.09 Å². The first-order chi connectivity index (χ1) is 19.7. The second kappa shape index (κ2) is 14.2. The Hall–Kier alpha value is -2.36. The van der Waals surface area contributed by atoms with Gasteiger partial charge >= 0.3 is 216 Å². The Labute approximate surface area is 250 Å². The predicted molar refractivity (Wildman–Crippen MR) is 171 cm³/mol. The fourth-order valence-corrected chi connectivity index (χ4v) is 21.2. The Morgan fingerprint density at radius 2 is 1.51 bits per heavy atom. The van der Waals surface area contributed by atoms with Gasteiger partial charge in [-0.3, -0.25) is 0 Å². The first-order valence-electron chi connectivity index (χ1n) is 15.7. The Kier molecular flexibility index (Phi) is 10.9. The molecule has 0 radical (unpaired) electrons. The topological polar surface area (TPSA) is 76.4 Å². The molecule has 4 heterocycles. The predicted octanol–water partition coefficient (Wildman–Crippen LogP) is 6.93. The van der Waals surface area contributed by atoms with Crippen molar-refractivity contribution in [1.29, 1.82) is 0 Å². The third-order valence-corrected chi connectivity index (χ3v) is 23.3. The van der Waals surface area contributed by atoms with Gasteiger partial charge in [0.15, 0.2) is 0 Å². The number of amides is 1. The molecule has 0 aliphatic carbocycles. The standard InChI is InChI=1S/C20H23N6O2.3C4H9.Sn/c1-20(2,3)28-19(27)25-11-9-24(10-12-25)17-5-4-6-18(23-17)26-16-7-8-21-13-15(16)14-22-26;3*1-3-4-2;/h4-7,13-14H,9-12H2,1-3H3;3*1,3-4H2,2H3;. The fourth-order valence-electron chi connectivity index (χ4n) is 5.85. The molecule has 3 aromatic rings. The van der Waals surface area contributed by atoms with Gasteiger partial charge in [-0.1, -0.05) is 0 Å². The third-order valence-electron chi connectivity index (χ3n) is 8.21. The van der Waals surface area contributed by atoms with Crippen molar-refractivity contribution in [3.63, 3.8) is 0 Å². The molecular formula is C32H50N6O2Sn. The molecule has 0 saturated carbocycles. The molecule has 1 aliphatic rings. The number of ether oxygens (including phenoxy) is 1. The number of rotatable bonds is 12. The first kappa shape index (κ1) is 31.6. The summed E-state index contributed by atoms with van der Waals surface area (Å²) in [5.41, 5.74) is 0.622. The van der Waals surface area contributed by atoms with Crippen molar-refractivity contribution in [3.05, 3.63) is 36.7 Å². The number of nitrogens with zero attached hydrogens (tertiary/aromatic N) is 6. The summed E-state index contributed by atoms with van der Waals surface area (Å²) in [7, 11) is 0. The quantitative estimate of drug-likeness (QED) is 0.195. The van der Waals surface area contributed by atoms with Crippen LogP contribution in [0.15, 0.2) is 36.7 Å². The molecule has 41 heavy (non-hydrogen) atoms. The van der Waals surface area contributed by atoms with Crippen LogP contribution in [-0.2, 0) is 4.74 Å². The van der Waals surface area contributed by atoms with Crippen LogP contribution in [0.25, 0.3) is 16.7 Å². The number of aromatic nitrogens is 4. The van der Waals surface area contributed by atoms with Crippen LogP contribution in [0.3, 0.4) is 0 Å². The molecule has 1 aliphatic heterocycles. The normalized spacial score (nSPS) is 14.6. The SMILES string of the molecule is CCC[CH2][Sn]([CH2]CCC)([CH2]CCC)[c]1cc2c(cn1)cnn2-c1cccc(N2CCN(C(=O)OC(C)(C)C)CC2)n1. The molecule has 0 N–H and O–H groups in total. The molecular weight excluding hydrogens is 619 g/mol. The number of hydrogen-bond acceptors (Lipinski definition) is 6. The molecule has 0 spiro atoms. The molecule has 224 valence electrons. The Balaban J connectivity index is 1.60. The number of hydrogen-bond donors (Lipinski definition) is 0. The van der Waals surface area contributed by atoms with Crippen molar-refractivity contribution in [3.8, 4) is 5.82 Å². The molecule has 4 rings (SSSR count). The van der Waals surface area contributed by atoms with Crippen LogP contribution < -0.4 is 8.61 Å². The zero-order valence-corrected chi connectivity index (χ0v) is 29.0. The van der Waals surface area contributed by atoms with Gasteiger partial charge in [-0.05, 0) is 20.8 Å². The van der Waals surface area contributed by atoms with Crippen LogP contribution >= 0.6 is 0 Å². The molecule has 1 saturated heterocycles. The summed E-state index contributed by atoms with van der Waals surface area (Å²) in [5.74, 6) is 1.73. The van der Waals surface area contributed by atoms with E-state index in [1.54, 1.807) is 4.90 Å². The molecule has 1 fully saturated rings. The number of anilines is 1. The summed E-state index contributed by atoms with van der Waals surface area (Å²) in [4.78, 5) is 26.7. The van der Waals surface area contributed by atoms with E-state index in [9.17, 15) is 4.79 Å². The van der Waals surface area contributed by atoms with E-state index in [1.807, 2.05) is 43.8 Å². The number of piperazine rings is 1. The molecule has 0 unspecified atom stereocenters. The van der Waals surface area contributed by atoms with Gasteiger partial charge in [0, 0.05) is 0 Å². The molecule has 8 nitrogen and oxygen atoms in total. The Morgan fingerprint density at radius 1 is 0.902 bits per heavy atom. The van der Waals surface area contributed by atoms with Crippen molar-refractivity contribution >= 4 is 44.9 Å². The second-order valence-electron chi connectivity index (χ2n) is 12.6. The van der Waals surface area contributed by atoms with Crippen LogP contribution in [0.5, 0.6) is 0 Å². The fraction of sp³-hybridized carbons (Fsp3) is 0.625. The van der Waals surface area contributed by atoms with Gasteiger partial charge in [-0.15, -0.1) is 0 Å². The average Bonchev–Trinajstić information content (AvgIpc) is 3.40. The van der Waals surface area contributed by atoms with Crippen molar-refractivity contribution in [2.45, 2.75) is 99.0 Å². The summed E-state index contributed by atoms with van der Waals surface area (Å²) in [6, 6.07) is 8.52. The van der Waals surface area contributed by atoms with Gasteiger partial charge in [0.2, 0.25) is 0 Å². The van der Waals surface area contributed by atoms with Gasteiger partial charge in [0.1, 0.15) is 5.60 Å². The van der Waals surface area contributed by atoms with Gasteiger partial charge < -0.3 is 4.74 Å². The van der Waals surface area contributed by atoms with Crippen LogP contribution in [0.1, 0.15) is 80.1 Å². The molecule has 0 atom stereocenters. The zero-order valence-electron chi connectivity index (χ0n) is 26.2. The monoisotopic (exact) mass is 670 g/mol. The number of fused-ring (bicyclic) bond motifs is 1. The summed E-state index contributed by atoms with van der Waals surface area (Å²) in [5, 5.41) is 5.84. The molecule has 3 aromatic heterocycles. The minimum absolute atomic E-state index is 0.246. The van der Waals surface area contributed by atoms with Crippen LogP contribution in [-0.4, -0.2) is 80.9 Å². The van der Waals surface area contributed by atoms with E-state index in [0.717, 1.165) is 22.5 Å². The molecule has 9 heteroatoms. The summed E-state index contributed by atoms with van der Waals surface area (Å²) in [6.07, 6.45) is 11.4. The average molecular weight is 670 g/mol. The van der Waals surface area contributed by atoms with E-state index < -0.39 is 24.0 Å². The van der Waals surface area contributed by atoms with Crippen molar-refractivity contribution < 1.29 is 9.53 Å².